The lowest BCUT2D eigenvalue weighted by Gasteiger charge is -2.01. The summed E-state index contributed by atoms with van der Waals surface area (Å²) >= 11 is 0. The van der Waals surface area contributed by atoms with Crippen molar-refractivity contribution in [1.82, 2.24) is 15.2 Å². The number of aromatic carboxylic acids is 1. The molecule has 0 unspecified atom stereocenters. The van der Waals surface area contributed by atoms with Crippen LogP contribution in [0.2, 0.25) is 0 Å². The van der Waals surface area contributed by atoms with Crippen LogP contribution in [0.1, 0.15) is 16.1 Å². The van der Waals surface area contributed by atoms with Gasteiger partial charge in [-0.25, -0.2) is 4.79 Å². The van der Waals surface area contributed by atoms with Gasteiger partial charge in [0.1, 0.15) is 0 Å². The molecule has 0 aliphatic carbocycles. The third-order valence-electron chi connectivity index (χ3n) is 1.99. The molecule has 0 amide bonds. The van der Waals surface area contributed by atoms with Crippen molar-refractivity contribution in [1.29, 1.82) is 0 Å². The Kier molecular flexibility index (Phi) is 2.21. The number of nitrogens with zero attached hydrogens (tertiary/aromatic N) is 2. The van der Waals surface area contributed by atoms with E-state index in [1.165, 1.54) is 12.1 Å². The number of H-pyrrole nitrogens is 1. The van der Waals surface area contributed by atoms with Gasteiger partial charge >= 0.3 is 5.97 Å². The number of carbonyl (C=O) groups is 1. The van der Waals surface area contributed by atoms with Gasteiger partial charge in [0.05, 0.1) is 17.5 Å². The second kappa shape index (κ2) is 3.53. The van der Waals surface area contributed by atoms with Crippen LogP contribution < -0.4 is 0 Å². The van der Waals surface area contributed by atoms with Crippen LogP contribution in [0.4, 0.5) is 0 Å². The zero-order chi connectivity index (χ0) is 10.8. The molecule has 15 heavy (non-hydrogen) atoms. The first-order valence-corrected chi connectivity index (χ1v) is 4.38. The average Bonchev–Trinajstić information content (AvgIpc) is 2.69. The largest absolute Gasteiger partial charge is 0.478 e. The van der Waals surface area contributed by atoms with E-state index in [0.717, 1.165) is 5.56 Å². The quantitative estimate of drug-likeness (QED) is 0.774. The Labute approximate surface area is 85.8 Å². The summed E-state index contributed by atoms with van der Waals surface area (Å²) in [5, 5.41) is 15.3. The molecule has 2 aromatic rings. The molecule has 0 atom stereocenters. The van der Waals surface area contributed by atoms with Gasteiger partial charge < -0.3 is 5.11 Å². The highest BCUT2D eigenvalue weighted by Gasteiger charge is 2.08. The predicted octanol–water partition coefficient (Wildman–Crippen LogP) is 1.48. The summed E-state index contributed by atoms with van der Waals surface area (Å²) in [6.07, 6.45) is 3.28. The Bertz CT molecular complexity index is 491. The molecule has 2 N–H and O–H groups in total. The van der Waals surface area contributed by atoms with E-state index in [2.05, 4.69) is 15.2 Å². The first-order valence-electron chi connectivity index (χ1n) is 4.38. The molecule has 2 heterocycles. The maximum Gasteiger partial charge on any atom is 0.335 e. The van der Waals surface area contributed by atoms with E-state index in [0.29, 0.717) is 11.4 Å². The SMILES string of the molecule is Cc1cc(C(=O)O)cc(-c2cn[nH]c2)n1. The van der Waals surface area contributed by atoms with Gasteiger partial charge in [0.2, 0.25) is 0 Å². The smallest absolute Gasteiger partial charge is 0.335 e. The summed E-state index contributed by atoms with van der Waals surface area (Å²) in [5.41, 5.74) is 2.30. The molecule has 2 rings (SSSR count). The molecule has 0 spiro atoms. The Hall–Kier alpha value is -2.17. The lowest BCUT2D eigenvalue weighted by molar-refractivity contribution is 0.0696. The Morgan fingerprint density at radius 3 is 2.87 bits per heavy atom. The second-order valence-corrected chi connectivity index (χ2v) is 3.17. The van der Waals surface area contributed by atoms with Crippen molar-refractivity contribution in [3.05, 3.63) is 35.8 Å². The Morgan fingerprint density at radius 2 is 2.27 bits per heavy atom. The molecule has 5 heteroatoms. The maximum absolute atomic E-state index is 10.8. The lowest BCUT2D eigenvalue weighted by Crippen LogP contribution is -1.99. The van der Waals surface area contributed by atoms with Gasteiger partial charge in [0, 0.05) is 17.5 Å². The van der Waals surface area contributed by atoms with Gasteiger partial charge in [-0.1, -0.05) is 0 Å². The third kappa shape index (κ3) is 1.85. The molecule has 0 bridgehead atoms. The molecular formula is C10H9N3O2. The number of rotatable bonds is 2. The van der Waals surface area contributed by atoms with E-state index < -0.39 is 5.97 Å². The standard InChI is InChI=1S/C10H9N3O2/c1-6-2-7(10(14)15)3-9(13-6)8-4-11-12-5-8/h2-5H,1H3,(H,11,12)(H,14,15). The van der Waals surface area contributed by atoms with Crippen molar-refractivity contribution in [3.63, 3.8) is 0 Å². The van der Waals surface area contributed by atoms with Crippen molar-refractivity contribution >= 4 is 5.97 Å². The minimum absolute atomic E-state index is 0.235. The van der Waals surface area contributed by atoms with Crippen LogP contribution in [-0.2, 0) is 0 Å². The second-order valence-electron chi connectivity index (χ2n) is 3.17. The Morgan fingerprint density at radius 1 is 1.47 bits per heavy atom. The molecule has 0 saturated heterocycles. The normalized spacial score (nSPS) is 10.2. The van der Waals surface area contributed by atoms with E-state index in [9.17, 15) is 4.79 Å². The number of hydrogen-bond donors (Lipinski definition) is 2. The van der Waals surface area contributed by atoms with Crippen LogP contribution in [0.25, 0.3) is 11.3 Å². The van der Waals surface area contributed by atoms with Gasteiger partial charge in [-0.15, -0.1) is 0 Å². The third-order valence-corrected chi connectivity index (χ3v) is 1.99. The minimum Gasteiger partial charge on any atom is -0.478 e. The molecule has 0 aliphatic heterocycles. The van der Waals surface area contributed by atoms with E-state index in [1.54, 1.807) is 19.3 Å². The van der Waals surface area contributed by atoms with Gasteiger partial charge in [0.15, 0.2) is 0 Å². The van der Waals surface area contributed by atoms with Crippen LogP contribution in [0.15, 0.2) is 24.5 Å². The number of pyridine rings is 1. The van der Waals surface area contributed by atoms with E-state index in [1.807, 2.05) is 0 Å². The summed E-state index contributed by atoms with van der Waals surface area (Å²) in [7, 11) is 0. The van der Waals surface area contributed by atoms with Gasteiger partial charge in [-0.2, -0.15) is 5.10 Å². The van der Waals surface area contributed by atoms with E-state index in [-0.39, 0.29) is 5.56 Å². The van der Waals surface area contributed by atoms with Crippen LogP contribution in [0.3, 0.4) is 0 Å². The molecular weight excluding hydrogens is 194 g/mol. The fraction of sp³-hybridized carbons (Fsp3) is 0.100. The monoisotopic (exact) mass is 203 g/mol. The molecule has 0 saturated carbocycles. The van der Waals surface area contributed by atoms with Crippen molar-refractivity contribution < 1.29 is 9.90 Å². The first-order chi connectivity index (χ1) is 7.16. The summed E-state index contributed by atoms with van der Waals surface area (Å²) < 4.78 is 0. The van der Waals surface area contributed by atoms with E-state index >= 15 is 0 Å². The van der Waals surface area contributed by atoms with Crippen LogP contribution in [0, 0.1) is 6.92 Å². The number of aryl methyl sites for hydroxylation is 1. The zero-order valence-corrected chi connectivity index (χ0v) is 8.06. The number of hydrogen-bond acceptors (Lipinski definition) is 3. The summed E-state index contributed by atoms with van der Waals surface area (Å²) in [4.78, 5) is 15.1. The average molecular weight is 203 g/mol. The first kappa shape index (κ1) is 9.39. The highest BCUT2D eigenvalue weighted by atomic mass is 16.4. The molecule has 76 valence electrons. The van der Waals surface area contributed by atoms with Crippen LogP contribution in [-0.4, -0.2) is 26.3 Å². The predicted molar refractivity (Wildman–Crippen MR) is 53.5 cm³/mol. The topological polar surface area (TPSA) is 78.9 Å². The number of aromatic amines is 1. The number of aromatic nitrogens is 3. The molecule has 2 aromatic heterocycles. The highest BCUT2D eigenvalue weighted by Crippen LogP contribution is 2.17. The van der Waals surface area contributed by atoms with Gasteiger partial charge in [-0.05, 0) is 19.1 Å². The number of nitrogens with one attached hydrogen (secondary N) is 1. The summed E-state index contributed by atoms with van der Waals surface area (Å²) in [5.74, 6) is -0.953. The Balaban J connectivity index is 2.54. The van der Waals surface area contributed by atoms with Crippen LogP contribution in [0.5, 0.6) is 0 Å². The molecule has 0 fully saturated rings. The van der Waals surface area contributed by atoms with Crippen molar-refractivity contribution in [2.75, 3.05) is 0 Å². The van der Waals surface area contributed by atoms with Crippen molar-refractivity contribution in [2.24, 2.45) is 0 Å². The lowest BCUT2D eigenvalue weighted by atomic mass is 10.1. The van der Waals surface area contributed by atoms with Gasteiger partial charge in [0.25, 0.3) is 0 Å². The van der Waals surface area contributed by atoms with Crippen molar-refractivity contribution in [2.45, 2.75) is 6.92 Å². The maximum atomic E-state index is 10.8. The molecule has 0 aliphatic rings. The molecule has 0 radical (unpaired) electrons. The fourth-order valence-electron chi connectivity index (χ4n) is 1.33. The molecule has 0 aromatic carbocycles. The van der Waals surface area contributed by atoms with Crippen molar-refractivity contribution in [3.8, 4) is 11.3 Å². The minimum atomic E-state index is -0.953. The van der Waals surface area contributed by atoms with Crippen LogP contribution >= 0.6 is 0 Å². The summed E-state index contributed by atoms with van der Waals surface area (Å²) in [6.45, 7) is 1.76. The summed E-state index contributed by atoms with van der Waals surface area (Å²) in [6, 6.07) is 3.06. The molecule has 5 nitrogen and oxygen atoms in total. The van der Waals surface area contributed by atoms with Gasteiger partial charge in [-0.3, -0.25) is 10.1 Å². The van der Waals surface area contributed by atoms with E-state index in [4.69, 9.17) is 5.11 Å². The fourth-order valence-corrected chi connectivity index (χ4v) is 1.33. The zero-order valence-electron chi connectivity index (χ0n) is 8.06. The number of carboxylic acid groups (broad SMARTS) is 1. The number of carboxylic acids is 1. The highest BCUT2D eigenvalue weighted by molar-refractivity contribution is 5.89.